The first kappa shape index (κ1) is 13.1. The number of nitrogens with zero attached hydrogens (tertiary/aromatic N) is 2. The highest BCUT2D eigenvalue weighted by atomic mass is 16.5. The molecule has 19 heavy (non-hydrogen) atoms. The van der Waals surface area contributed by atoms with Crippen molar-refractivity contribution in [3.05, 3.63) is 46.5 Å². The van der Waals surface area contributed by atoms with E-state index in [0.717, 1.165) is 12.0 Å². The lowest BCUT2D eigenvalue weighted by Crippen LogP contribution is -2.21. The lowest BCUT2D eigenvalue weighted by molar-refractivity contribution is 0.445. The molecule has 1 aromatic heterocycles. The third kappa shape index (κ3) is 2.93. The van der Waals surface area contributed by atoms with E-state index in [2.05, 4.69) is 4.98 Å². The Bertz CT molecular complexity index is 635. The zero-order valence-electron chi connectivity index (χ0n) is 11.1. The third-order valence-electron chi connectivity index (χ3n) is 2.72. The molecule has 0 spiro atoms. The maximum atomic E-state index is 12.1. The number of aryl methyl sites for hydroxylation is 2. The van der Waals surface area contributed by atoms with Gasteiger partial charge in [0.05, 0.1) is 5.69 Å². The molecule has 0 aliphatic rings. The number of hydrogen-bond acceptors (Lipinski definition) is 4. The van der Waals surface area contributed by atoms with Gasteiger partial charge in [0.15, 0.2) is 5.75 Å². The molecule has 2 aromatic rings. The highest BCUT2D eigenvalue weighted by Crippen LogP contribution is 2.25. The zero-order valence-corrected chi connectivity index (χ0v) is 11.1. The van der Waals surface area contributed by atoms with E-state index in [-0.39, 0.29) is 11.4 Å². The molecular weight excluding hydrogens is 242 g/mol. The SMILES string of the molecule is CCCn1ccnc(Oc2ccc(C)cc2N)c1=O. The quantitative estimate of drug-likeness (QED) is 0.855. The zero-order chi connectivity index (χ0) is 13.8. The summed E-state index contributed by atoms with van der Waals surface area (Å²) in [7, 11) is 0. The lowest BCUT2D eigenvalue weighted by Gasteiger charge is -2.09. The van der Waals surface area contributed by atoms with Crippen LogP contribution in [0.25, 0.3) is 0 Å². The van der Waals surface area contributed by atoms with Crippen molar-refractivity contribution in [2.75, 3.05) is 5.73 Å². The van der Waals surface area contributed by atoms with Crippen LogP contribution in [0.1, 0.15) is 18.9 Å². The molecule has 0 aliphatic heterocycles. The average Bonchev–Trinajstić information content (AvgIpc) is 2.37. The molecule has 0 fully saturated rings. The van der Waals surface area contributed by atoms with Crippen molar-refractivity contribution < 1.29 is 4.74 Å². The largest absolute Gasteiger partial charge is 0.432 e. The van der Waals surface area contributed by atoms with Gasteiger partial charge in [-0.15, -0.1) is 0 Å². The van der Waals surface area contributed by atoms with Crippen LogP contribution >= 0.6 is 0 Å². The smallest absolute Gasteiger partial charge is 0.313 e. The molecule has 0 amide bonds. The fraction of sp³-hybridized carbons (Fsp3) is 0.286. The molecule has 100 valence electrons. The molecule has 0 atom stereocenters. The maximum absolute atomic E-state index is 12.1. The fourth-order valence-corrected chi connectivity index (χ4v) is 1.78. The van der Waals surface area contributed by atoms with Crippen LogP contribution in [0.5, 0.6) is 11.6 Å². The van der Waals surface area contributed by atoms with Crippen LogP contribution in [0.2, 0.25) is 0 Å². The lowest BCUT2D eigenvalue weighted by atomic mass is 10.2. The van der Waals surface area contributed by atoms with Gasteiger partial charge in [-0.05, 0) is 31.0 Å². The van der Waals surface area contributed by atoms with Crippen molar-refractivity contribution in [2.24, 2.45) is 0 Å². The second-order valence-electron chi connectivity index (χ2n) is 4.37. The van der Waals surface area contributed by atoms with E-state index in [1.807, 2.05) is 19.9 Å². The maximum Gasteiger partial charge on any atom is 0.313 e. The Morgan fingerprint density at radius 3 is 2.89 bits per heavy atom. The summed E-state index contributed by atoms with van der Waals surface area (Å²) in [5, 5.41) is 0. The number of hydrogen-bond donors (Lipinski definition) is 1. The summed E-state index contributed by atoms with van der Waals surface area (Å²) in [5.41, 5.74) is 7.14. The van der Waals surface area contributed by atoms with Crippen molar-refractivity contribution in [1.82, 2.24) is 9.55 Å². The van der Waals surface area contributed by atoms with Gasteiger partial charge in [-0.2, -0.15) is 0 Å². The Morgan fingerprint density at radius 1 is 1.42 bits per heavy atom. The minimum atomic E-state index is -0.246. The van der Waals surface area contributed by atoms with Crippen LogP contribution in [0.3, 0.4) is 0 Å². The summed E-state index contributed by atoms with van der Waals surface area (Å²) < 4.78 is 7.09. The van der Waals surface area contributed by atoms with Crippen LogP contribution in [0.15, 0.2) is 35.4 Å². The molecule has 0 aliphatic carbocycles. The van der Waals surface area contributed by atoms with Crippen LogP contribution in [-0.2, 0) is 6.54 Å². The Kier molecular flexibility index (Phi) is 3.85. The van der Waals surface area contributed by atoms with Gasteiger partial charge in [0.2, 0.25) is 0 Å². The molecule has 1 heterocycles. The van der Waals surface area contributed by atoms with Crippen LogP contribution in [-0.4, -0.2) is 9.55 Å². The van der Waals surface area contributed by atoms with Crippen LogP contribution < -0.4 is 16.0 Å². The highest BCUT2D eigenvalue weighted by Gasteiger charge is 2.09. The van der Waals surface area contributed by atoms with Gasteiger partial charge in [0.25, 0.3) is 5.88 Å². The van der Waals surface area contributed by atoms with Crippen molar-refractivity contribution >= 4 is 5.69 Å². The molecule has 0 radical (unpaired) electrons. The molecule has 0 saturated carbocycles. The van der Waals surface area contributed by atoms with Crippen LogP contribution in [0, 0.1) is 6.92 Å². The van der Waals surface area contributed by atoms with Gasteiger partial charge in [-0.1, -0.05) is 13.0 Å². The second kappa shape index (κ2) is 5.56. The molecule has 5 heteroatoms. The van der Waals surface area contributed by atoms with E-state index in [0.29, 0.717) is 18.0 Å². The summed E-state index contributed by atoms with van der Waals surface area (Å²) in [4.78, 5) is 16.0. The normalized spacial score (nSPS) is 10.4. The monoisotopic (exact) mass is 259 g/mol. The first-order valence-electron chi connectivity index (χ1n) is 6.21. The number of nitrogens with two attached hydrogens (primary N) is 1. The van der Waals surface area contributed by atoms with Gasteiger partial charge >= 0.3 is 5.56 Å². The Morgan fingerprint density at radius 2 is 2.21 bits per heavy atom. The van der Waals surface area contributed by atoms with Gasteiger partial charge in [0.1, 0.15) is 0 Å². The highest BCUT2D eigenvalue weighted by molar-refractivity contribution is 5.55. The van der Waals surface area contributed by atoms with E-state index >= 15 is 0 Å². The van der Waals surface area contributed by atoms with Gasteiger partial charge in [-0.25, -0.2) is 4.98 Å². The number of benzene rings is 1. The van der Waals surface area contributed by atoms with E-state index < -0.39 is 0 Å². The predicted octanol–water partition coefficient (Wildman–Crippen LogP) is 2.34. The number of aromatic nitrogens is 2. The minimum Gasteiger partial charge on any atom is -0.432 e. The molecule has 2 N–H and O–H groups in total. The van der Waals surface area contributed by atoms with Gasteiger partial charge in [0, 0.05) is 18.9 Å². The molecule has 1 aromatic carbocycles. The minimum absolute atomic E-state index is 0.0477. The van der Waals surface area contributed by atoms with Crippen molar-refractivity contribution in [1.29, 1.82) is 0 Å². The fourth-order valence-electron chi connectivity index (χ4n) is 1.78. The first-order valence-corrected chi connectivity index (χ1v) is 6.21. The standard InChI is InChI=1S/C14H17N3O2/c1-3-7-17-8-6-16-13(14(17)18)19-12-5-4-10(2)9-11(12)15/h4-6,8-9H,3,7,15H2,1-2H3. The second-order valence-corrected chi connectivity index (χ2v) is 4.37. The van der Waals surface area contributed by atoms with Crippen molar-refractivity contribution in [3.63, 3.8) is 0 Å². The molecule has 2 rings (SSSR count). The number of nitrogen functional groups attached to an aromatic ring is 1. The summed E-state index contributed by atoms with van der Waals surface area (Å²) in [6.07, 6.45) is 4.07. The average molecular weight is 259 g/mol. The summed E-state index contributed by atoms with van der Waals surface area (Å²) in [5.74, 6) is 0.496. The third-order valence-corrected chi connectivity index (χ3v) is 2.72. The first-order chi connectivity index (χ1) is 9.11. The Balaban J connectivity index is 2.33. The summed E-state index contributed by atoms with van der Waals surface area (Å²) in [6.45, 7) is 4.58. The van der Waals surface area contributed by atoms with E-state index in [4.69, 9.17) is 10.5 Å². The van der Waals surface area contributed by atoms with Crippen LogP contribution in [0.4, 0.5) is 5.69 Å². The van der Waals surface area contributed by atoms with Crippen molar-refractivity contribution in [3.8, 4) is 11.6 Å². The van der Waals surface area contributed by atoms with Crippen molar-refractivity contribution in [2.45, 2.75) is 26.8 Å². The Hall–Kier alpha value is -2.30. The summed E-state index contributed by atoms with van der Waals surface area (Å²) >= 11 is 0. The number of rotatable bonds is 4. The topological polar surface area (TPSA) is 70.1 Å². The molecule has 0 bridgehead atoms. The van der Waals surface area contributed by atoms with E-state index in [1.165, 1.54) is 0 Å². The molecular formula is C14H17N3O2. The van der Waals surface area contributed by atoms with E-state index in [1.54, 1.807) is 29.1 Å². The van der Waals surface area contributed by atoms with Gasteiger partial charge < -0.3 is 15.0 Å². The Labute approximate surface area is 111 Å². The number of ether oxygens (including phenoxy) is 1. The predicted molar refractivity (Wildman–Crippen MR) is 74.5 cm³/mol. The van der Waals surface area contributed by atoms with E-state index in [9.17, 15) is 4.79 Å². The number of anilines is 1. The molecule has 0 saturated heterocycles. The van der Waals surface area contributed by atoms with Gasteiger partial charge in [-0.3, -0.25) is 4.79 Å². The molecule has 0 unspecified atom stereocenters. The summed E-state index contributed by atoms with van der Waals surface area (Å²) in [6, 6.07) is 5.41. The molecule has 5 nitrogen and oxygen atoms in total.